The molecule has 0 aliphatic carbocycles. The number of nitrogens with one attached hydrogen (secondary N) is 1. The van der Waals surface area contributed by atoms with Crippen molar-refractivity contribution in [2.24, 2.45) is 0 Å². The molecule has 0 spiro atoms. The Labute approximate surface area is 195 Å². The van der Waals surface area contributed by atoms with Crippen molar-refractivity contribution in [1.29, 1.82) is 0 Å². The molecule has 3 rings (SSSR count). The van der Waals surface area contributed by atoms with E-state index in [0.717, 1.165) is 22.5 Å². The highest BCUT2D eigenvalue weighted by Crippen LogP contribution is 2.28. The van der Waals surface area contributed by atoms with Crippen LogP contribution >= 0.6 is 0 Å². The van der Waals surface area contributed by atoms with Gasteiger partial charge < -0.3 is 10.1 Å². The van der Waals surface area contributed by atoms with Crippen molar-refractivity contribution in [3.05, 3.63) is 52.8 Å². The molecule has 2 heterocycles. The molecule has 0 radical (unpaired) electrons. The number of anilines is 1. The van der Waals surface area contributed by atoms with E-state index in [9.17, 15) is 9.59 Å². The minimum Gasteiger partial charge on any atom is -0.449 e. The molecule has 0 saturated heterocycles. The number of hydrogen-bond acceptors (Lipinski definition) is 5. The maximum absolute atomic E-state index is 13.2. The fraction of sp³-hybridized carbons (Fsp3) is 0.462. The van der Waals surface area contributed by atoms with Crippen LogP contribution in [0.4, 0.5) is 5.69 Å². The predicted octanol–water partition coefficient (Wildman–Crippen LogP) is 5.75. The van der Waals surface area contributed by atoms with E-state index in [1.165, 1.54) is 0 Å². The van der Waals surface area contributed by atoms with Crippen molar-refractivity contribution >= 4 is 28.6 Å². The zero-order chi connectivity index (χ0) is 24.4. The molecule has 7 nitrogen and oxygen atoms in total. The minimum atomic E-state index is -0.969. The summed E-state index contributed by atoms with van der Waals surface area (Å²) in [7, 11) is 0. The van der Waals surface area contributed by atoms with E-state index in [1.807, 2.05) is 52.8 Å². The van der Waals surface area contributed by atoms with Crippen LogP contribution in [0.5, 0.6) is 0 Å². The van der Waals surface area contributed by atoms with Crippen molar-refractivity contribution in [2.75, 3.05) is 5.32 Å². The summed E-state index contributed by atoms with van der Waals surface area (Å²) in [5.74, 6) is -0.571. The molecule has 0 bridgehead atoms. The summed E-state index contributed by atoms with van der Waals surface area (Å²) in [4.78, 5) is 30.8. The van der Waals surface area contributed by atoms with Crippen LogP contribution in [-0.4, -0.2) is 32.7 Å². The number of carbonyl (C=O) groups is 2. The van der Waals surface area contributed by atoms with Gasteiger partial charge in [-0.1, -0.05) is 45.9 Å². The molecule has 1 N–H and O–H groups in total. The first-order valence-electron chi connectivity index (χ1n) is 11.5. The Balaban J connectivity index is 1.88. The monoisotopic (exact) mass is 450 g/mol. The number of aromatic nitrogens is 3. The molecule has 0 aliphatic rings. The topological polar surface area (TPSA) is 86.1 Å². The van der Waals surface area contributed by atoms with E-state index in [0.29, 0.717) is 16.6 Å². The Bertz CT molecular complexity index is 1180. The Morgan fingerprint density at radius 1 is 1.03 bits per heavy atom. The van der Waals surface area contributed by atoms with E-state index in [-0.39, 0.29) is 23.8 Å². The van der Waals surface area contributed by atoms with Crippen molar-refractivity contribution in [3.63, 3.8) is 0 Å². The lowest BCUT2D eigenvalue weighted by atomic mass is 9.98. The zero-order valence-electron chi connectivity index (χ0n) is 20.8. The first kappa shape index (κ1) is 24.4. The number of benzene rings is 1. The van der Waals surface area contributed by atoms with E-state index in [2.05, 4.69) is 24.3 Å². The van der Waals surface area contributed by atoms with E-state index in [1.54, 1.807) is 23.9 Å². The highest BCUT2D eigenvalue weighted by molar-refractivity contribution is 6.04. The fourth-order valence-corrected chi connectivity index (χ4v) is 3.72. The van der Waals surface area contributed by atoms with Crippen LogP contribution in [-0.2, 0) is 9.53 Å². The smallest absolute Gasteiger partial charge is 0.339 e. The Morgan fingerprint density at radius 3 is 2.33 bits per heavy atom. The first-order chi connectivity index (χ1) is 15.5. The lowest BCUT2D eigenvalue weighted by Crippen LogP contribution is -2.30. The minimum absolute atomic E-state index is 0.0928. The standard InChI is InChI=1S/C26H34N4O3/c1-14(2)19-11-9-10-17(7)23(19)29-25(31)18(8)33-26(32)20-12-22(15(3)4)28-24-21(20)13-27-30(24)16(5)6/h9-16,18H,1-8H3,(H,29,31). The third-order valence-electron chi connectivity index (χ3n) is 5.72. The van der Waals surface area contributed by atoms with Gasteiger partial charge in [0.05, 0.1) is 17.1 Å². The number of fused-ring (bicyclic) bond motifs is 1. The van der Waals surface area contributed by atoms with Crippen molar-refractivity contribution in [2.45, 2.75) is 79.4 Å². The number of amides is 1. The van der Waals surface area contributed by atoms with Gasteiger partial charge in [0.25, 0.3) is 5.91 Å². The van der Waals surface area contributed by atoms with Crippen LogP contribution < -0.4 is 5.32 Å². The van der Waals surface area contributed by atoms with E-state index >= 15 is 0 Å². The number of hydrogen-bond donors (Lipinski definition) is 1. The number of aryl methyl sites for hydroxylation is 1. The van der Waals surface area contributed by atoms with Gasteiger partial charge in [-0.25, -0.2) is 14.5 Å². The Hall–Kier alpha value is -3.22. The Morgan fingerprint density at radius 2 is 1.73 bits per heavy atom. The highest BCUT2D eigenvalue weighted by Gasteiger charge is 2.25. The largest absolute Gasteiger partial charge is 0.449 e. The summed E-state index contributed by atoms with van der Waals surface area (Å²) in [6.45, 7) is 15.7. The third-order valence-corrected chi connectivity index (χ3v) is 5.72. The van der Waals surface area contributed by atoms with Gasteiger partial charge in [0.2, 0.25) is 0 Å². The second-order valence-electron chi connectivity index (χ2n) is 9.40. The maximum Gasteiger partial charge on any atom is 0.339 e. The van der Waals surface area contributed by atoms with Crippen LogP contribution in [0.2, 0.25) is 0 Å². The maximum atomic E-state index is 13.2. The number of carbonyl (C=O) groups excluding carboxylic acids is 2. The zero-order valence-corrected chi connectivity index (χ0v) is 20.8. The summed E-state index contributed by atoms with van der Waals surface area (Å²) < 4.78 is 7.40. The van der Waals surface area contributed by atoms with Gasteiger partial charge >= 0.3 is 5.97 Å². The van der Waals surface area contributed by atoms with E-state index in [4.69, 9.17) is 9.72 Å². The van der Waals surface area contributed by atoms with Crippen LogP contribution in [0.1, 0.15) is 93.5 Å². The second kappa shape index (κ2) is 9.73. The predicted molar refractivity (Wildman–Crippen MR) is 131 cm³/mol. The van der Waals surface area contributed by atoms with Crippen molar-refractivity contribution in [3.8, 4) is 0 Å². The van der Waals surface area contributed by atoms with Crippen LogP contribution in [0.15, 0.2) is 30.5 Å². The normalized spacial score (nSPS) is 12.6. The van der Waals surface area contributed by atoms with Crippen LogP contribution in [0, 0.1) is 6.92 Å². The summed E-state index contributed by atoms with van der Waals surface area (Å²) in [6.07, 6.45) is 0.665. The molecular formula is C26H34N4O3. The average molecular weight is 451 g/mol. The molecule has 0 fully saturated rings. The lowest BCUT2D eigenvalue weighted by molar-refractivity contribution is -0.123. The van der Waals surface area contributed by atoms with Crippen molar-refractivity contribution < 1.29 is 14.3 Å². The SMILES string of the molecule is Cc1cccc(C(C)C)c1NC(=O)C(C)OC(=O)c1cc(C(C)C)nc2c1cnn2C(C)C. The molecule has 0 saturated carbocycles. The summed E-state index contributed by atoms with van der Waals surface area (Å²) in [6, 6.07) is 7.76. The molecular weight excluding hydrogens is 416 g/mol. The number of pyridine rings is 1. The third kappa shape index (κ3) is 5.07. The van der Waals surface area contributed by atoms with Gasteiger partial charge in [0.15, 0.2) is 11.8 Å². The van der Waals surface area contributed by atoms with Gasteiger partial charge in [-0.2, -0.15) is 5.10 Å². The van der Waals surface area contributed by atoms with Crippen LogP contribution in [0.25, 0.3) is 11.0 Å². The molecule has 3 aromatic rings. The molecule has 1 unspecified atom stereocenters. The molecule has 1 amide bonds. The highest BCUT2D eigenvalue weighted by atomic mass is 16.5. The number of ether oxygens (including phenoxy) is 1. The summed E-state index contributed by atoms with van der Waals surface area (Å²) in [5.41, 5.74) is 4.56. The number of rotatable bonds is 7. The molecule has 7 heteroatoms. The Kier molecular flexibility index (Phi) is 7.20. The quantitative estimate of drug-likeness (QED) is 0.463. The number of para-hydroxylation sites is 1. The lowest BCUT2D eigenvalue weighted by Gasteiger charge is -2.19. The molecule has 176 valence electrons. The average Bonchev–Trinajstić information content (AvgIpc) is 3.18. The molecule has 33 heavy (non-hydrogen) atoms. The van der Waals surface area contributed by atoms with Gasteiger partial charge in [-0.05, 0) is 56.7 Å². The second-order valence-corrected chi connectivity index (χ2v) is 9.40. The van der Waals surface area contributed by atoms with E-state index < -0.39 is 12.1 Å². The molecule has 0 aliphatic heterocycles. The number of esters is 1. The van der Waals surface area contributed by atoms with Gasteiger partial charge in [0, 0.05) is 17.4 Å². The van der Waals surface area contributed by atoms with Crippen molar-refractivity contribution in [1.82, 2.24) is 14.8 Å². The fourth-order valence-electron chi connectivity index (χ4n) is 3.72. The molecule has 2 aromatic heterocycles. The van der Waals surface area contributed by atoms with Gasteiger partial charge in [-0.15, -0.1) is 0 Å². The van der Waals surface area contributed by atoms with Gasteiger partial charge in [-0.3, -0.25) is 4.79 Å². The summed E-state index contributed by atoms with van der Waals surface area (Å²) in [5, 5.41) is 7.99. The van der Waals surface area contributed by atoms with Gasteiger partial charge in [0.1, 0.15) is 0 Å². The van der Waals surface area contributed by atoms with Crippen LogP contribution in [0.3, 0.4) is 0 Å². The number of nitrogens with zero attached hydrogens (tertiary/aromatic N) is 3. The summed E-state index contributed by atoms with van der Waals surface area (Å²) >= 11 is 0. The molecule has 1 atom stereocenters. The molecule has 1 aromatic carbocycles. The first-order valence-corrected chi connectivity index (χ1v) is 11.5.